The molecule has 1 unspecified atom stereocenters. The molecule has 25 heavy (non-hydrogen) atoms. The summed E-state index contributed by atoms with van der Waals surface area (Å²) in [5, 5.41) is 9.06. The first-order valence-electron chi connectivity index (χ1n) is 7.91. The standard InChI is InChI=1S/C17H18N2O6/c1-2-11-5-3-6-12-9-18(10-13(11)12)16(22)24-25-17(23)19-8-4-7-14(19)15(20)21/h2-3,5-6,14H,1,4,7-10H2,(H,20,21). The Bertz CT molecular complexity index is 732. The smallest absolute Gasteiger partial charge is 0.453 e. The van der Waals surface area contributed by atoms with Gasteiger partial charge in [0.15, 0.2) is 0 Å². The SMILES string of the molecule is C=Cc1cccc2c1CN(C(=O)OOC(=O)N1CCCC1C(=O)O)C2. The molecule has 1 fully saturated rings. The van der Waals surface area contributed by atoms with Crippen molar-refractivity contribution >= 4 is 24.2 Å². The number of benzene rings is 1. The van der Waals surface area contributed by atoms with E-state index in [-0.39, 0.29) is 6.54 Å². The maximum atomic E-state index is 12.1. The van der Waals surface area contributed by atoms with E-state index in [1.54, 1.807) is 6.08 Å². The van der Waals surface area contributed by atoms with Gasteiger partial charge in [-0.1, -0.05) is 30.9 Å². The van der Waals surface area contributed by atoms with Crippen molar-refractivity contribution in [1.29, 1.82) is 0 Å². The van der Waals surface area contributed by atoms with Crippen molar-refractivity contribution in [3.8, 4) is 0 Å². The fraction of sp³-hybridized carbons (Fsp3) is 0.353. The van der Waals surface area contributed by atoms with Gasteiger partial charge in [0.05, 0.1) is 6.54 Å². The summed E-state index contributed by atoms with van der Waals surface area (Å²) in [4.78, 5) is 46.7. The minimum atomic E-state index is -1.10. The van der Waals surface area contributed by atoms with Gasteiger partial charge in [-0.3, -0.25) is 9.80 Å². The Morgan fingerprint density at radius 2 is 1.96 bits per heavy atom. The highest BCUT2D eigenvalue weighted by molar-refractivity contribution is 5.81. The molecular weight excluding hydrogens is 328 g/mol. The first kappa shape index (κ1) is 16.8. The van der Waals surface area contributed by atoms with E-state index in [4.69, 9.17) is 5.11 Å². The summed E-state index contributed by atoms with van der Waals surface area (Å²) in [6, 6.07) is 4.74. The Hall–Kier alpha value is -3.03. The molecule has 0 bridgehead atoms. The third kappa shape index (κ3) is 3.28. The van der Waals surface area contributed by atoms with Crippen LogP contribution in [0.2, 0.25) is 0 Å². The number of carboxylic acids is 1. The Kier molecular flexibility index (Phi) is 4.60. The van der Waals surface area contributed by atoms with Crippen LogP contribution in [0.3, 0.4) is 0 Å². The average molecular weight is 346 g/mol. The van der Waals surface area contributed by atoms with E-state index in [0.29, 0.717) is 25.9 Å². The molecule has 8 heteroatoms. The number of amides is 2. The molecule has 2 heterocycles. The number of hydrogen-bond acceptors (Lipinski definition) is 5. The first-order chi connectivity index (χ1) is 12.0. The predicted molar refractivity (Wildman–Crippen MR) is 86.1 cm³/mol. The van der Waals surface area contributed by atoms with Crippen LogP contribution in [0.25, 0.3) is 6.08 Å². The summed E-state index contributed by atoms with van der Waals surface area (Å²) < 4.78 is 0. The summed E-state index contributed by atoms with van der Waals surface area (Å²) in [5.41, 5.74) is 2.89. The third-order valence-corrected chi connectivity index (χ3v) is 4.45. The Labute approximate surface area is 144 Å². The molecule has 2 aliphatic heterocycles. The van der Waals surface area contributed by atoms with E-state index in [9.17, 15) is 14.4 Å². The molecule has 2 amide bonds. The average Bonchev–Trinajstić information content (AvgIpc) is 3.25. The Balaban J connectivity index is 1.56. The molecule has 1 saturated heterocycles. The minimum Gasteiger partial charge on any atom is -0.480 e. The van der Waals surface area contributed by atoms with Gasteiger partial charge in [-0.15, -0.1) is 0 Å². The van der Waals surface area contributed by atoms with Gasteiger partial charge in [0.1, 0.15) is 6.04 Å². The summed E-state index contributed by atoms with van der Waals surface area (Å²) in [5.74, 6) is -1.10. The number of carbonyl (C=O) groups excluding carboxylic acids is 2. The largest absolute Gasteiger partial charge is 0.480 e. The zero-order chi connectivity index (χ0) is 18.0. The van der Waals surface area contributed by atoms with Crippen LogP contribution in [0.15, 0.2) is 24.8 Å². The monoisotopic (exact) mass is 346 g/mol. The molecule has 0 aliphatic carbocycles. The molecule has 8 nitrogen and oxygen atoms in total. The van der Waals surface area contributed by atoms with Gasteiger partial charge in [-0.05, 0) is 29.5 Å². The Morgan fingerprint density at radius 1 is 1.20 bits per heavy atom. The highest BCUT2D eigenvalue weighted by atomic mass is 17.2. The molecule has 0 spiro atoms. The van der Waals surface area contributed by atoms with Gasteiger partial charge in [0, 0.05) is 13.1 Å². The van der Waals surface area contributed by atoms with Gasteiger partial charge < -0.3 is 5.11 Å². The Morgan fingerprint density at radius 3 is 2.68 bits per heavy atom. The second kappa shape index (κ2) is 6.84. The van der Waals surface area contributed by atoms with E-state index in [1.807, 2.05) is 18.2 Å². The van der Waals surface area contributed by atoms with Crippen molar-refractivity contribution in [2.45, 2.75) is 32.0 Å². The van der Waals surface area contributed by atoms with Gasteiger partial charge in [-0.25, -0.2) is 24.2 Å². The van der Waals surface area contributed by atoms with Crippen molar-refractivity contribution in [2.75, 3.05) is 6.54 Å². The molecule has 3 rings (SSSR count). The zero-order valence-corrected chi connectivity index (χ0v) is 13.5. The summed E-state index contributed by atoms with van der Waals surface area (Å²) >= 11 is 0. The fourth-order valence-electron chi connectivity index (χ4n) is 3.18. The number of fused-ring (bicyclic) bond motifs is 1. The normalized spacial score (nSPS) is 18.6. The van der Waals surface area contributed by atoms with Gasteiger partial charge in [0.25, 0.3) is 0 Å². The lowest BCUT2D eigenvalue weighted by atomic mass is 10.0. The topological polar surface area (TPSA) is 96.4 Å². The summed E-state index contributed by atoms with van der Waals surface area (Å²) in [7, 11) is 0. The van der Waals surface area contributed by atoms with Crippen LogP contribution in [0.4, 0.5) is 9.59 Å². The number of likely N-dealkylation sites (tertiary alicyclic amines) is 1. The minimum absolute atomic E-state index is 0.255. The molecule has 1 N–H and O–H groups in total. The van der Waals surface area contributed by atoms with Crippen LogP contribution < -0.4 is 0 Å². The van der Waals surface area contributed by atoms with Crippen LogP contribution in [0.5, 0.6) is 0 Å². The van der Waals surface area contributed by atoms with Crippen LogP contribution in [0.1, 0.15) is 29.5 Å². The summed E-state index contributed by atoms with van der Waals surface area (Å²) in [6.45, 7) is 4.67. The zero-order valence-electron chi connectivity index (χ0n) is 13.5. The van der Waals surface area contributed by atoms with Gasteiger partial charge >= 0.3 is 18.2 Å². The van der Waals surface area contributed by atoms with Crippen molar-refractivity contribution < 1.29 is 29.3 Å². The molecule has 1 atom stereocenters. The molecule has 0 radical (unpaired) electrons. The molecule has 0 aromatic heterocycles. The molecule has 1 aromatic carbocycles. The molecule has 1 aromatic rings. The number of carbonyl (C=O) groups is 3. The van der Waals surface area contributed by atoms with E-state index in [1.165, 1.54) is 4.90 Å². The lowest BCUT2D eigenvalue weighted by molar-refractivity contribution is -0.198. The van der Waals surface area contributed by atoms with Crippen molar-refractivity contribution in [1.82, 2.24) is 9.80 Å². The lowest BCUT2D eigenvalue weighted by Gasteiger charge is -2.20. The fourth-order valence-corrected chi connectivity index (χ4v) is 3.18. The van der Waals surface area contributed by atoms with E-state index in [2.05, 4.69) is 16.4 Å². The van der Waals surface area contributed by atoms with E-state index < -0.39 is 24.2 Å². The number of aliphatic carboxylic acids is 1. The van der Waals surface area contributed by atoms with Crippen LogP contribution in [0, 0.1) is 0 Å². The van der Waals surface area contributed by atoms with Gasteiger partial charge in [0.2, 0.25) is 0 Å². The first-order valence-corrected chi connectivity index (χ1v) is 7.91. The van der Waals surface area contributed by atoms with Crippen molar-refractivity contribution in [3.05, 3.63) is 41.5 Å². The predicted octanol–water partition coefficient (Wildman–Crippen LogP) is 2.38. The number of rotatable bonds is 2. The number of nitrogens with zero attached hydrogens (tertiary/aromatic N) is 2. The molecule has 132 valence electrons. The number of carboxylic acid groups (broad SMARTS) is 1. The van der Waals surface area contributed by atoms with Crippen molar-refractivity contribution in [2.24, 2.45) is 0 Å². The number of hydrogen-bond donors (Lipinski definition) is 1. The van der Waals surface area contributed by atoms with E-state index in [0.717, 1.165) is 21.6 Å². The van der Waals surface area contributed by atoms with Crippen molar-refractivity contribution in [3.63, 3.8) is 0 Å². The maximum Gasteiger partial charge on any atom is 0.453 e. The second-order valence-electron chi connectivity index (χ2n) is 5.93. The quantitative estimate of drug-likeness (QED) is 0.652. The molecule has 2 aliphatic rings. The van der Waals surface area contributed by atoms with Crippen LogP contribution in [-0.4, -0.2) is 45.6 Å². The molecule has 0 saturated carbocycles. The lowest BCUT2D eigenvalue weighted by Crippen LogP contribution is -2.41. The van der Waals surface area contributed by atoms with Crippen LogP contribution in [-0.2, 0) is 27.7 Å². The third-order valence-electron chi connectivity index (χ3n) is 4.45. The second-order valence-corrected chi connectivity index (χ2v) is 5.93. The van der Waals surface area contributed by atoms with E-state index >= 15 is 0 Å². The van der Waals surface area contributed by atoms with Crippen LogP contribution >= 0.6 is 0 Å². The van der Waals surface area contributed by atoms with Gasteiger partial charge in [-0.2, -0.15) is 0 Å². The highest BCUT2D eigenvalue weighted by Gasteiger charge is 2.36. The molecular formula is C17H18N2O6. The maximum absolute atomic E-state index is 12.1. The summed E-state index contributed by atoms with van der Waals surface area (Å²) in [6.07, 6.45) is 0.857. The highest BCUT2D eigenvalue weighted by Crippen LogP contribution is 2.27.